The van der Waals surface area contributed by atoms with Gasteiger partial charge >= 0.3 is 19.8 Å². The minimum absolute atomic E-state index is 0.167. The lowest BCUT2D eigenvalue weighted by atomic mass is 10.1. The minimum atomic E-state index is -3.80. The molecule has 1 unspecified atom stereocenters. The molecule has 0 aromatic heterocycles. The van der Waals surface area contributed by atoms with E-state index in [1.807, 2.05) is 6.92 Å². The van der Waals surface area contributed by atoms with E-state index in [0.29, 0.717) is 12.8 Å². The van der Waals surface area contributed by atoms with Crippen molar-refractivity contribution in [2.24, 2.45) is 0 Å². The molecule has 0 radical (unpaired) electrons. The highest BCUT2D eigenvalue weighted by atomic mass is 31.2. The summed E-state index contributed by atoms with van der Waals surface area (Å²) < 4.78 is 39.5. The smallest absolute Gasteiger partial charge is 0.462 e. The monoisotopic (exact) mass is 757 g/mol. The Balaban J connectivity index is 4.29. The summed E-state index contributed by atoms with van der Waals surface area (Å²) in [5.74, 6) is -0.727. The van der Waals surface area contributed by atoms with Gasteiger partial charge in [-0.25, -0.2) is 4.57 Å². The number of unbranched alkanes of at least 4 members (excludes halogenated alkanes) is 22. The molecule has 306 valence electrons. The molecule has 0 spiro atoms. The van der Waals surface area contributed by atoms with Crippen LogP contribution in [0.15, 0.2) is 24.3 Å². The molecule has 0 saturated heterocycles. The quantitative estimate of drug-likeness (QED) is 0.0264. The molecule has 0 heterocycles. The molecule has 9 heteroatoms. The van der Waals surface area contributed by atoms with Crippen LogP contribution in [0.1, 0.15) is 207 Å². The van der Waals surface area contributed by atoms with Crippen molar-refractivity contribution < 1.29 is 37.2 Å². The van der Waals surface area contributed by atoms with Crippen molar-refractivity contribution in [2.45, 2.75) is 213 Å². The zero-order chi connectivity index (χ0) is 38.2. The van der Waals surface area contributed by atoms with Gasteiger partial charge in [-0.1, -0.05) is 148 Å². The highest BCUT2D eigenvalue weighted by Gasteiger charge is 2.28. The molecule has 0 aliphatic heterocycles. The number of carbonyl (C=O) groups excluding carboxylic acids is 2. The second-order valence-corrected chi connectivity index (χ2v) is 16.0. The van der Waals surface area contributed by atoms with Crippen LogP contribution in [0.4, 0.5) is 0 Å². The fourth-order valence-electron chi connectivity index (χ4n) is 5.82. The second kappa shape index (κ2) is 39.2. The molecule has 0 aromatic carbocycles. The lowest BCUT2D eigenvalue weighted by molar-refractivity contribution is -0.161. The molecule has 0 fully saturated rings. The third kappa shape index (κ3) is 35.6. The lowest BCUT2D eigenvalue weighted by Crippen LogP contribution is -2.29. The first-order valence-electron chi connectivity index (χ1n) is 21.5. The highest BCUT2D eigenvalue weighted by Crippen LogP contribution is 2.48. The summed E-state index contributed by atoms with van der Waals surface area (Å²) in [6, 6.07) is 0. The average Bonchev–Trinajstić information content (AvgIpc) is 3.15. The summed E-state index contributed by atoms with van der Waals surface area (Å²) in [6.07, 6.45) is 40.5. The zero-order valence-corrected chi connectivity index (χ0v) is 35.1. The maximum Gasteiger partial charge on any atom is 0.474 e. The van der Waals surface area contributed by atoms with E-state index in [1.54, 1.807) is 0 Å². The summed E-state index contributed by atoms with van der Waals surface area (Å²) in [4.78, 5) is 25.1. The SMILES string of the molecule is CCCCCCCCC=CCCCCCCCC(=O)OC[C@H](COP(=O)(OC)OCCC)OC(=O)CCCCCCC/C=C/CCCCCCCC. The first-order valence-corrected chi connectivity index (χ1v) is 23.0. The molecule has 0 bridgehead atoms. The van der Waals surface area contributed by atoms with Crippen LogP contribution in [0.5, 0.6) is 0 Å². The Hall–Kier alpha value is -1.47. The first kappa shape index (κ1) is 50.5. The van der Waals surface area contributed by atoms with Gasteiger partial charge in [-0.05, 0) is 70.6 Å². The topological polar surface area (TPSA) is 97.4 Å². The van der Waals surface area contributed by atoms with Gasteiger partial charge in [0.2, 0.25) is 0 Å². The summed E-state index contributed by atoms with van der Waals surface area (Å²) in [5, 5.41) is 0. The van der Waals surface area contributed by atoms with Crippen molar-refractivity contribution >= 4 is 19.8 Å². The van der Waals surface area contributed by atoms with Crippen molar-refractivity contribution in [1.82, 2.24) is 0 Å². The van der Waals surface area contributed by atoms with E-state index in [-0.39, 0.29) is 38.2 Å². The van der Waals surface area contributed by atoms with Crippen LogP contribution >= 0.6 is 7.82 Å². The maximum atomic E-state index is 12.7. The molecule has 0 aliphatic rings. The van der Waals surface area contributed by atoms with Gasteiger partial charge in [-0.2, -0.15) is 0 Å². The summed E-state index contributed by atoms with van der Waals surface area (Å²) >= 11 is 0. The fraction of sp³-hybridized carbons (Fsp3) is 0.860. The molecule has 0 rings (SSSR count). The van der Waals surface area contributed by atoms with Gasteiger partial charge in [0.1, 0.15) is 6.61 Å². The van der Waals surface area contributed by atoms with Crippen molar-refractivity contribution in [3.8, 4) is 0 Å². The number of phosphoric ester groups is 1. The zero-order valence-electron chi connectivity index (χ0n) is 34.2. The first-order chi connectivity index (χ1) is 25.4. The molecule has 0 saturated carbocycles. The summed E-state index contributed by atoms with van der Waals surface area (Å²) in [6.45, 7) is 6.17. The number of rotatable bonds is 40. The van der Waals surface area contributed by atoms with Crippen molar-refractivity contribution in [3.63, 3.8) is 0 Å². The largest absolute Gasteiger partial charge is 0.474 e. The third-order valence-corrected chi connectivity index (χ3v) is 10.5. The van der Waals surface area contributed by atoms with Gasteiger partial charge < -0.3 is 9.47 Å². The van der Waals surface area contributed by atoms with Crippen LogP contribution < -0.4 is 0 Å². The van der Waals surface area contributed by atoms with Gasteiger partial charge in [-0.15, -0.1) is 0 Å². The average molecular weight is 757 g/mol. The number of phosphoric acid groups is 1. The Kier molecular flexibility index (Phi) is 38.1. The van der Waals surface area contributed by atoms with E-state index in [2.05, 4.69) is 38.2 Å². The second-order valence-electron chi connectivity index (χ2n) is 14.2. The molecule has 8 nitrogen and oxygen atoms in total. The van der Waals surface area contributed by atoms with Crippen LogP contribution in [0.25, 0.3) is 0 Å². The number of esters is 2. The van der Waals surface area contributed by atoms with Gasteiger partial charge in [-0.3, -0.25) is 23.2 Å². The molecular formula is C43H81O8P. The Morgan fingerprint density at radius 3 is 1.33 bits per heavy atom. The van der Waals surface area contributed by atoms with Crippen LogP contribution in [0, 0.1) is 0 Å². The van der Waals surface area contributed by atoms with E-state index in [1.165, 1.54) is 110 Å². The van der Waals surface area contributed by atoms with Gasteiger partial charge in [0.25, 0.3) is 0 Å². The van der Waals surface area contributed by atoms with Crippen molar-refractivity contribution in [3.05, 3.63) is 24.3 Å². The van der Waals surface area contributed by atoms with Gasteiger partial charge in [0.05, 0.1) is 13.2 Å². The number of allylic oxidation sites excluding steroid dienone is 4. The van der Waals surface area contributed by atoms with E-state index in [0.717, 1.165) is 64.2 Å². The van der Waals surface area contributed by atoms with E-state index >= 15 is 0 Å². The van der Waals surface area contributed by atoms with Crippen LogP contribution in [-0.2, 0) is 37.2 Å². The minimum Gasteiger partial charge on any atom is -0.462 e. The van der Waals surface area contributed by atoms with Crippen LogP contribution in [-0.4, -0.2) is 45.0 Å². The Labute approximate surface area is 320 Å². The number of hydrogen-bond acceptors (Lipinski definition) is 8. The standard InChI is InChI=1S/C43H81O8P/c1-5-8-10-12-14-16-18-20-22-24-26-28-30-32-34-36-42(44)48-39-41(40-50-52(46,47-4)49-38-7-3)51-43(45)37-35-33-31-29-27-25-23-21-19-17-15-13-11-9-6-2/h20-23,41H,5-19,24-40H2,1-4H3/b22-20?,23-21+/t41-,52?/m1/s1. The van der Waals surface area contributed by atoms with E-state index < -0.39 is 13.9 Å². The van der Waals surface area contributed by atoms with Gasteiger partial charge in [0.15, 0.2) is 6.10 Å². The Bertz CT molecular complexity index is 906. The van der Waals surface area contributed by atoms with Gasteiger partial charge in [0, 0.05) is 20.0 Å². The number of ether oxygens (including phenoxy) is 2. The molecule has 2 atom stereocenters. The molecule has 52 heavy (non-hydrogen) atoms. The van der Waals surface area contributed by atoms with E-state index in [9.17, 15) is 14.2 Å². The number of carbonyl (C=O) groups is 2. The predicted octanol–water partition coefficient (Wildman–Crippen LogP) is 13.7. The Morgan fingerprint density at radius 2 is 0.904 bits per heavy atom. The maximum absolute atomic E-state index is 12.7. The van der Waals surface area contributed by atoms with E-state index in [4.69, 9.17) is 23.0 Å². The van der Waals surface area contributed by atoms with Crippen LogP contribution in [0.3, 0.4) is 0 Å². The molecule has 0 aromatic rings. The highest BCUT2D eigenvalue weighted by molar-refractivity contribution is 7.48. The van der Waals surface area contributed by atoms with Crippen LogP contribution in [0.2, 0.25) is 0 Å². The van der Waals surface area contributed by atoms with Crippen molar-refractivity contribution in [2.75, 3.05) is 26.9 Å². The third-order valence-electron chi connectivity index (χ3n) is 9.11. The lowest BCUT2D eigenvalue weighted by Gasteiger charge is -2.21. The van der Waals surface area contributed by atoms with Crippen molar-refractivity contribution in [1.29, 1.82) is 0 Å². The number of hydrogen-bond donors (Lipinski definition) is 0. The normalized spacial score (nSPS) is 13.5. The summed E-state index contributed by atoms with van der Waals surface area (Å²) in [7, 11) is -2.55. The molecule has 0 aliphatic carbocycles. The molecule has 0 N–H and O–H groups in total. The predicted molar refractivity (Wildman–Crippen MR) is 217 cm³/mol. The molecule has 0 amide bonds. The molecular weight excluding hydrogens is 675 g/mol. The summed E-state index contributed by atoms with van der Waals surface area (Å²) in [5.41, 5.74) is 0. The Morgan fingerprint density at radius 1 is 0.500 bits per heavy atom. The fourth-order valence-corrected chi connectivity index (χ4v) is 6.86.